The summed E-state index contributed by atoms with van der Waals surface area (Å²) in [5.74, 6) is 0. The first kappa shape index (κ1) is 15.8. The third kappa shape index (κ3) is 3.74. The number of carbonyl (C=O) groups is 1. The highest BCUT2D eigenvalue weighted by Gasteiger charge is 2.28. The van der Waals surface area contributed by atoms with Crippen molar-refractivity contribution in [2.24, 2.45) is 0 Å². The van der Waals surface area contributed by atoms with Crippen LogP contribution in [0.4, 0.5) is 10.5 Å². The van der Waals surface area contributed by atoms with Crippen molar-refractivity contribution in [3.8, 4) is 0 Å². The fourth-order valence-electron chi connectivity index (χ4n) is 2.58. The highest BCUT2D eigenvalue weighted by molar-refractivity contribution is 5.94. The SMILES string of the molecule is CCOC(CCN1C(=O)N(C)Cc2ccccc21)OCC. The number of urea groups is 1. The van der Waals surface area contributed by atoms with Crippen LogP contribution in [-0.4, -0.2) is 44.0 Å². The maximum atomic E-state index is 12.4. The molecule has 5 heteroatoms. The molecular formula is C16H24N2O3. The fourth-order valence-corrected chi connectivity index (χ4v) is 2.58. The van der Waals surface area contributed by atoms with Crippen LogP contribution in [0.25, 0.3) is 0 Å². The molecule has 0 aromatic heterocycles. The number of rotatable bonds is 7. The third-order valence-corrected chi connectivity index (χ3v) is 3.54. The normalized spacial score (nSPS) is 14.8. The Balaban J connectivity index is 2.09. The van der Waals surface area contributed by atoms with Gasteiger partial charge in [0.2, 0.25) is 0 Å². The quantitative estimate of drug-likeness (QED) is 0.726. The molecule has 116 valence electrons. The van der Waals surface area contributed by atoms with Crippen molar-refractivity contribution >= 4 is 11.7 Å². The van der Waals surface area contributed by atoms with Gasteiger partial charge >= 0.3 is 6.03 Å². The van der Waals surface area contributed by atoms with Gasteiger partial charge in [-0.05, 0) is 25.5 Å². The molecule has 0 bridgehead atoms. The average Bonchev–Trinajstić information content (AvgIpc) is 2.48. The second-order valence-electron chi connectivity index (χ2n) is 5.05. The highest BCUT2D eigenvalue weighted by atomic mass is 16.7. The van der Waals surface area contributed by atoms with E-state index in [0.29, 0.717) is 32.7 Å². The molecule has 1 aliphatic heterocycles. The Kier molecular flexibility index (Phi) is 5.59. The zero-order valence-electron chi connectivity index (χ0n) is 13.0. The number of ether oxygens (including phenoxy) is 2. The minimum Gasteiger partial charge on any atom is -0.353 e. The summed E-state index contributed by atoms with van der Waals surface area (Å²) in [6.07, 6.45) is 0.405. The van der Waals surface area contributed by atoms with Gasteiger partial charge in [-0.15, -0.1) is 0 Å². The van der Waals surface area contributed by atoms with Gasteiger partial charge in [-0.25, -0.2) is 4.79 Å². The van der Waals surface area contributed by atoms with E-state index in [1.807, 2.05) is 44.0 Å². The number of benzene rings is 1. The largest absolute Gasteiger partial charge is 0.353 e. The molecular weight excluding hydrogens is 268 g/mol. The van der Waals surface area contributed by atoms with Gasteiger partial charge in [-0.1, -0.05) is 18.2 Å². The number of hydrogen-bond donors (Lipinski definition) is 0. The standard InChI is InChI=1S/C16H24N2O3/c1-4-20-15(21-5-2)10-11-18-14-9-7-6-8-13(14)12-17(3)16(18)19/h6-9,15H,4-5,10-12H2,1-3H3. The molecule has 0 unspecified atom stereocenters. The molecule has 0 saturated heterocycles. The van der Waals surface area contributed by atoms with Crippen molar-refractivity contribution in [2.45, 2.75) is 33.1 Å². The Labute approximate surface area is 126 Å². The number of fused-ring (bicyclic) bond motifs is 1. The summed E-state index contributed by atoms with van der Waals surface area (Å²) < 4.78 is 11.1. The molecule has 2 amide bonds. The Morgan fingerprint density at radius 3 is 2.52 bits per heavy atom. The summed E-state index contributed by atoms with van der Waals surface area (Å²) >= 11 is 0. The topological polar surface area (TPSA) is 42.0 Å². The second kappa shape index (κ2) is 7.43. The minimum absolute atomic E-state index is 0.0282. The summed E-state index contributed by atoms with van der Waals surface area (Å²) in [6, 6.07) is 8.06. The molecule has 0 spiro atoms. The minimum atomic E-state index is -0.257. The van der Waals surface area contributed by atoms with Gasteiger partial charge in [0, 0.05) is 39.8 Å². The molecule has 0 atom stereocenters. The molecule has 1 aromatic carbocycles. The Bertz CT molecular complexity index is 472. The van der Waals surface area contributed by atoms with Crippen LogP contribution in [0.3, 0.4) is 0 Å². The van der Waals surface area contributed by atoms with Crippen LogP contribution in [0.1, 0.15) is 25.8 Å². The number of amides is 2. The van der Waals surface area contributed by atoms with E-state index in [9.17, 15) is 4.79 Å². The van der Waals surface area contributed by atoms with Crippen LogP contribution in [0, 0.1) is 0 Å². The molecule has 0 radical (unpaired) electrons. The van der Waals surface area contributed by atoms with E-state index in [-0.39, 0.29) is 12.3 Å². The molecule has 0 aliphatic carbocycles. The summed E-state index contributed by atoms with van der Waals surface area (Å²) in [6.45, 7) is 6.35. The zero-order valence-corrected chi connectivity index (χ0v) is 13.0. The van der Waals surface area contributed by atoms with Crippen LogP contribution in [0.5, 0.6) is 0 Å². The van der Waals surface area contributed by atoms with Crippen molar-refractivity contribution in [2.75, 3.05) is 31.7 Å². The molecule has 2 rings (SSSR count). The maximum absolute atomic E-state index is 12.4. The average molecular weight is 292 g/mol. The monoisotopic (exact) mass is 292 g/mol. The Morgan fingerprint density at radius 1 is 1.19 bits per heavy atom. The van der Waals surface area contributed by atoms with Crippen molar-refractivity contribution in [1.29, 1.82) is 0 Å². The Hall–Kier alpha value is -1.59. The summed E-state index contributed by atoms with van der Waals surface area (Å²) in [4.78, 5) is 15.9. The zero-order chi connectivity index (χ0) is 15.2. The first-order chi connectivity index (χ1) is 10.2. The van der Waals surface area contributed by atoms with Crippen molar-refractivity contribution in [3.63, 3.8) is 0 Å². The predicted octanol–water partition coefficient (Wildman–Crippen LogP) is 2.85. The first-order valence-corrected chi connectivity index (χ1v) is 7.51. The lowest BCUT2D eigenvalue weighted by atomic mass is 10.1. The molecule has 5 nitrogen and oxygen atoms in total. The third-order valence-electron chi connectivity index (χ3n) is 3.54. The molecule has 0 fully saturated rings. The number of hydrogen-bond acceptors (Lipinski definition) is 3. The highest BCUT2D eigenvalue weighted by Crippen LogP contribution is 2.28. The van der Waals surface area contributed by atoms with Gasteiger partial charge in [-0.3, -0.25) is 4.90 Å². The lowest BCUT2D eigenvalue weighted by Crippen LogP contribution is -2.46. The number of para-hydroxylation sites is 1. The van der Waals surface area contributed by atoms with Crippen molar-refractivity contribution in [1.82, 2.24) is 4.90 Å². The number of nitrogens with zero attached hydrogens (tertiary/aromatic N) is 2. The lowest BCUT2D eigenvalue weighted by molar-refractivity contribution is -0.137. The second-order valence-corrected chi connectivity index (χ2v) is 5.05. The summed E-state index contributed by atoms with van der Waals surface area (Å²) in [5, 5.41) is 0. The summed E-state index contributed by atoms with van der Waals surface area (Å²) in [7, 11) is 1.83. The van der Waals surface area contributed by atoms with E-state index in [4.69, 9.17) is 9.47 Å². The van der Waals surface area contributed by atoms with Gasteiger partial charge in [0.05, 0.1) is 5.69 Å². The molecule has 1 heterocycles. The summed E-state index contributed by atoms with van der Waals surface area (Å²) in [5.41, 5.74) is 2.16. The van der Waals surface area contributed by atoms with Crippen molar-refractivity contribution in [3.05, 3.63) is 29.8 Å². The fraction of sp³-hybridized carbons (Fsp3) is 0.562. The predicted molar refractivity (Wildman–Crippen MR) is 82.3 cm³/mol. The van der Waals surface area contributed by atoms with Crippen LogP contribution in [-0.2, 0) is 16.0 Å². The van der Waals surface area contributed by atoms with Crippen LogP contribution < -0.4 is 4.90 Å². The van der Waals surface area contributed by atoms with Gasteiger partial charge in [0.25, 0.3) is 0 Å². The molecule has 1 aromatic rings. The van der Waals surface area contributed by atoms with E-state index in [0.717, 1.165) is 5.69 Å². The molecule has 0 saturated carbocycles. The van der Waals surface area contributed by atoms with Gasteiger partial charge in [0.15, 0.2) is 6.29 Å². The van der Waals surface area contributed by atoms with Gasteiger partial charge < -0.3 is 14.4 Å². The van der Waals surface area contributed by atoms with E-state index < -0.39 is 0 Å². The number of anilines is 1. The van der Waals surface area contributed by atoms with Crippen molar-refractivity contribution < 1.29 is 14.3 Å². The van der Waals surface area contributed by atoms with Crippen LogP contribution in [0.2, 0.25) is 0 Å². The molecule has 0 N–H and O–H groups in total. The van der Waals surface area contributed by atoms with Gasteiger partial charge in [-0.2, -0.15) is 0 Å². The van der Waals surface area contributed by atoms with Crippen LogP contribution >= 0.6 is 0 Å². The van der Waals surface area contributed by atoms with E-state index >= 15 is 0 Å². The van der Waals surface area contributed by atoms with E-state index in [1.54, 1.807) is 4.90 Å². The Morgan fingerprint density at radius 2 is 1.86 bits per heavy atom. The first-order valence-electron chi connectivity index (χ1n) is 7.51. The smallest absolute Gasteiger partial charge is 0.324 e. The number of carbonyl (C=O) groups excluding carboxylic acids is 1. The maximum Gasteiger partial charge on any atom is 0.324 e. The molecule has 21 heavy (non-hydrogen) atoms. The van der Waals surface area contributed by atoms with Gasteiger partial charge in [0.1, 0.15) is 0 Å². The molecule has 1 aliphatic rings. The lowest BCUT2D eigenvalue weighted by Gasteiger charge is -2.35. The van der Waals surface area contributed by atoms with E-state index in [1.165, 1.54) is 5.56 Å². The van der Waals surface area contributed by atoms with E-state index in [2.05, 4.69) is 6.07 Å². The van der Waals surface area contributed by atoms with Crippen LogP contribution in [0.15, 0.2) is 24.3 Å².